The summed E-state index contributed by atoms with van der Waals surface area (Å²) < 4.78 is 0. The van der Waals surface area contributed by atoms with Crippen molar-refractivity contribution < 1.29 is 0 Å². The number of nitrogens with zero attached hydrogens (tertiary/aromatic N) is 1. The molecule has 0 aliphatic carbocycles. The van der Waals surface area contributed by atoms with Crippen molar-refractivity contribution in [3.05, 3.63) is 11.3 Å². The molecule has 4 heteroatoms. The van der Waals surface area contributed by atoms with E-state index < -0.39 is 0 Å². The molecule has 0 aromatic rings. The molecule has 0 amide bonds. The van der Waals surface area contributed by atoms with Gasteiger partial charge in [-0.15, -0.1) is 0 Å². The van der Waals surface area contributed by atoms with E-state index in [1.165, 1.54) is 0 Å². The van der Waals surface area contributed by atoms with Crippen molar-refractivity contribution in [2.75, 3.05) is 0 Å². The third-order valence-corrected chi connectivity index (χ3v) is 2.13. The molecule has 1 aliphatic heterocycles. The van der Waals surface area contributed by atoms with Gasteiger partial charge in [0.2, 0.25) is 0 Å². The van der Waals surface area contributed by atoms with Crippen molar-refractivity contribution in [2.45, 2.75) is 13.8 Å². The smallest absolute Gasteiger partial charge is 0.121 e. The SMILES string of the molecule is CC1=C(C)C(C#N)C(=S)NN1. The van der Waals surface area contributed by atoms with Gasteiger partial charge in [-0.1, -0.05) is 12.2 Å². The maximum Gasteiger partial charge on any atom is 0.121 e. The third kappa shape index (κ3) is 1.33. The standard InChI is InChI=1S/C7H9N3S/c1-4-5(2)9-10-7(11)6(4)3-8/h6,9H,1-2H3,(H,10,11). The number of thiocarbonyl (C=S) groups is 1. The van der Waals surface area contributed by atoms with Gasteiger partial charge in [-0.2, -0.15) is 5.26 Å². The van der Waals surface area contributed by atoms with Gasteiger partial charge >= 0.3 is 0 Å². The number of nitrogens with one attached hydrogen (secondary N) is 2. The summed E-state index contributed by atoms with van der Waals surface area (Å²) in [6.07, 6.45) is 0. The highest BCUT2D eigenvalue weighted by atomic mass is 32.1. The van der Waals surface area contributed by atoms with Gasteiger partial charge in [-0.3, -0.25) is 5.43 Å². The lowest BCUT2D eigenvalue weighted by Gasteiger charge is -2.23. The highest BCUT2D eigenvalue weighted by Crippen LogP contribution is 2.16. The van der Waals surface area contributed by atoms with E-state index in [0.717, 1.165) is 11.3 Å². The largest absolute Gasteiger partial charge is 0.305 e. The van der Waals surface area contributed by atoms with Crippen molar-refractivity contribution in [3.63, 3.8) is 0 Å². The van der Waals surface area contributed by atoms with Crippen LogP contribution in [0.2, 0.25) is 0 Å². The third-order valence-electron chi connectivity index (χ3n) is 1.79. The topological polar surface area (TPSA) is 47.9 Å². The molecule has 2 N–H and O–H groups in total. The highest BCUT2D eigenvalue weighted by Gasteiger charge is 2.21. The fourth-order valence-corrected chi connectivity index (χ4v) is 1.18. The Kier molecular flexibility index (Phi) is 2.11. The fourth-order valence-electron chi connectivity index (χ4n) is 0.895. The fraction of sp³-hybridized carbons (Fsp3) is 0.429. The van der Waals surface area contributed by atoms with E-state index in [2.05, 4.69) is 16.9 Å². The van der Waals surface area contributed by atoms with E-state index in [0.29, 0.717) is 4.99 Å². The Labute approximate surface area is 71.1 Å². The minimum absolute atomic E-state index is 0.258. The van der Waals surface area contributed by atoms with Crippen LogP contribution in [0.25, 0.3) is 0 Å². The average molecular weight is 167 g/mol. The molecule has 1 heterocycles. The molecule has 0 fully saturated rings. The van der Waals surface area contributed by atoms with Gasteiger partial charge < -0.3 is 5.43 Å². The second-order valence-electron chi connectivity index (χ2n) is 2.48. The predicted octanol–water partition coefficient (Wildman–Crippen LogP) is 0.855. The van der Waals surface area contributed by atoms with Crippen molar-refractivity contribution in [3.8, 4) is 6.07 Å². The number of hydrogen-bond donors (Lipinski definition) is 2. The molecule has 1 atom stereocenters. The molecular formula is C7H9N3S. The molecule has 0 aromatic carbocycles. The number of allylic oxidation sites excluding steroid dienone is 1. The molecule has 1 rings (SSSR count). The zero-order valence-electron chi connectivity index (χ0n) is 6.43. The molecule has 58 valence electrons. The van der Waals surface area contributed by atoms with E-state index in [1.807, 2.05) is 13.8 Å². The van der Waals surface area contributed by atoms with Crippen LogP contribution in [0, 0.1) is 17.2 Å². The summed E-state index contributed by atoms with van der Waals surface area (Å²) in [6, 6.07) is 2.13. The lowest BCUT2D eigenvalue weighted by Crippen LogP contribution is -2.44. The van der Waals surface area contributed by atoms with E-state index in [4.69, 9.17) is 17.5 Å². The number of hydrogen-bond acceptors (Lipinski definition) is 3. The van der Waals surface area contributed by atoms with E-state index in [9.17, 15) is 0 Å². The van der Waals surface area contributed by atoms with Gasteiger partial charge in [0, 0.05) is 5.70 Å². The van der Waals surface area contributed by atoms with E-state index >= 15 is 0 Å². The van der Waals surface area contributed by atoms with Crippen LogP contribution in [0.5, 0.6) is 0 Å². The number of nitriles is 1. The quantitative estimate of drug-likeness (QED) is 0.525. The first-order chi connectivity index (χ1) is 5.16. The van der Waals surface area contributed by atoms with Gasteiger partial charge in [0.05, 0.1) is 6.07 Å². The lowest BCUT2D eigenvalue weighted by molar-refractivity contribution is 0.694. The van der Waals surface area contributed by atoms with Gasteiger partial charge in [0.25, 0.3) is 0 Å². The molecule has 0 saturated carbocycles. The van der Waals surface area contributed by atoms with Crippen LogP contribution in [0.1, 0.15) is 13.8 Å². The summed E-state index contributed by atoms with van der Waals surface area (Å²) in [5, 5.41) is 8.71. The molecule has 11 heavy (non-hydrogen) atoms. The minimum Gasteiger partial charge on any atom is -0.305 e. The number of rotatable bonds is 0. The zero-order chi connectivity index (χ0) is 8.43. The molecule has 3 nitrogen and oxygen atoms in total. The first-order valence-electron chi connectivity index (χ1n) is 3.29. The van der Waals surface area contributed by atoms with Crippen molar-refractivity contribution in [1.29, 1.82) is 5.26 Å². The molecule has 0 aromatic heterocycles. The summed E-state index contributed by atoms with van der Waals surface area (Å²) in [5.41, 5.74) is 7.62. The maximum atomic E-state index is 8.71. The Morgan fingerprint density at radius 1 is 1.45 bits per heavy atom. The second-order valence-corrected chi connectivity index (χ2v) is 2.92. The first kappa shape index (κ1) is 8.02. The van der Waals surface area contributed by atoms with Gasteiger partial charge in [-0.25, -0.2) is 0 Å². The van der Waals surface area contributed by atoms with Crippen LogP contribution < -0.4 is 10.9 Å². The van der Waals surface area contributed by atoms with Crippen molar-refractivity contribution >= 4 is 17.2 Å². The van der Waals surface area contributed by atoms with E-state index in [-0.39, 0.29) is 5.92 Å². The number of hydrazine groups is 1. The first-order valence-corrected chi connectivity index (χ1v) is 3.70. The Balaban J connectivity index is 2.99. The van der Waals surface area contributed by atoms with Crippen molar-refractivity contribution in [1.82, 2.24) is 10.9 Å². The van der Waals surface area contributed by atoms with Crippen LogP contribution in [-0.4, -0.2) is 4.99 Å². The monoisotopic (exact) mass is 167 g/mol. The van der Waals surface area contributed by atoms with E-state index in [1.54, 1.807) is 0 Å². The predicted molar refractivity (Wildman–Crippen MR) is 46.3 cm³/mol. The molecule has 1 aliphatic rings. The van der Waals surface area contributed by atoms with Crippen LogP contribution in [-0.2, 0) is 0 Å². The molecule has 0 radical (unpaired) electrons. The Morgan fingerprint density at radius 3 is 2.55 bits per heavy atom. The Bertz CT molecular complexity index is 261. The Morgan fingerprint density at radius 2 is 2.09 bits per heavy atom. The van der Waals surface area contributed by atoms with Crippen molar-refractivity contribution in [2.24, 2.45) is 5.92 Å². The summed E-state index contributed by atoms with van der Waals surface area (Å²) >= 11 is 4.93. The molecule has 0 saturated heterocycles. The normalized spacial score (nSPS) is 23.7. The summed E-state index contributed by atoms with van der Waals surface area (Å²) in [4.78, 5) is 0.551. The Hall–Kier alpha value is -1.08. The molecule has 0 spiro atoms. The average Bonchev–Trinajstić information content (AvgIpc) is 1.99. The maximum absolute atomic E-state index is 8.71. The second kappa shape index (κ2) is 2.89. The van der Waals surface area contributed by atoms with Crippen LogP contribution in [0.3, 0.4) is 0 Å². The van der Waals surface area contributed by atoms with Crippen LogP contribution in [0.4, 0.5) is 0 Å². The van der Waals surface area contributed by atoms with Gasteiger partial charge in [0.15, 0.2) is 0 Å². The summed E-state index contributed by atoms with van der Waals surface area (Å²) in [7, 11) is 0. The molecule has 0 bridgehead atoms. The molecule has 1 unspecified atom stereocenters. The van der Waals surface area contributed by atoms with Crippen LogP contribution in [0.15, 0.2) is 11.3 Å². The lowest BCUT2D eigenvalue weighted by atomic mass is 9.99. The van der Waals surface area contributed by atoms with Gasteiger partial charge in [-0.05, 0) is 19.4 Å². The van der Waals surface area contributed by atoms with Gasteiger partial charge in [0.1, 0.15) is 10.9 Å². The summed E-state index contributed by atoms with van der Waals surface area (Å²) in [6.45, 7) is 3.82. The zero-order valence-corrected chi connectivity index (χ0v) is 7.25. The molecular weight excluding hydrogens is 158 g/mol. The summed E-state index contributed by atoms with van der Waals surface area (Å²) in [5.74, 6) is -0.258. The minimum atomic E-state index is -0.258. The van der Waals surface area contributed by atoms with Crippen LogP contribution >= 0.6 is 12.2 Å². The highest BCUT2D eigenvalue weighted by molar-refractivity contribution is 7.80.